The van der Waals surface area contributed by atoms with Gasteiger partial charge in [0.2, 0.25) is 0 Å². The minimum Gasteiger partial charge on any atom is -0.481 e. The van der Waals surface area contributed by atoms with Crippen molar-refractivity contribution in [2.75, 3.05) is 13.1 Å². The highest BCUT2D eigenvalue weighted by Gasteiger charge is 2.41. The van der Waals surface area contributed by atoms with Gasteiger partial charge < -0.3 is 10.0 Å². The Morgan fingerprint density at radius 3 is 2.50 bits per heavy atom. The number of likely N-dealkylation sites (tertiary alicyclic amines) is 1. The van der Waals surface area contributed by atoms with Gasteiger partial charge in [0.15, 0.2) is 0 Å². The molecule has 1 aliphatic rings. The lowest BCUT2D eigenvalue weighted by molar-refractivity contribution is -0.152. The molecule has 0 saturated carbocycles. The molecule has 4 nitrogen and oxygen atoms in total. The zero-order valence-corrected chi connectivity index (χ0v) is 13.0. The number of halogens is 1. The SMILES string of the molecule is CCCC1(C(=O)O)CCN(C(=O)c2ccc(Cl)s2)CC1. The minimum atomic E-state index is -0.731. The van der Waals surface area contributed by atoms with E-state index in [9.17, 15) is 14.7 Å². The molecule has 0 radical (unpaired) electrons. The van der Waals surface area contributed by atoms with Gasteiger partial charge in [-0.25, -0.2) is 0 Å². The van der Waals surface area contributed by atoms with Gasteiger partial charge in [-0.1, -0.05) is 24.9 Å². The maximum Gasteiger partial charge on any atom is 0.309 e. The molecule has 1 aromatic heterocycles. The van der Waals surface area contributed by atoms with E-state index >= 15 is 0 Å². The van der Waals surface area contributed by atoms with Crippen LogP contribution in [0.25, 0.3) is 0 Å². The second kappa shape index (κ2) is 6.14. The van der Waals surface area contributed by atoms with Gasteiger partial charge in [0.25, 0.3) is 5.91 Å². The summed E-state index contributed by atoms with van der Waals surface area (Å²) >= 11 is 7.11. The molecule has 0 aromatic carbocycles. The first-order valence-corrected chi connectivity index (χ1v) is 7.96. The maximum absolute atomic E-state index is 12.3. The van der Waals surface area contributed by atoms with Crippen molar-refractivity contribution >= 4 is 34.8 Å². The van der Waals surface area contributed by atoms with Crippen LogP contribution in [0.3, 0.4) is 0 Å². The lowest BCUT2D eigenvalue weighted by Gasteiger charge is -2.38. The molecular formula is C14H18ClNO3S. The number of carboxylic acids is 1. The summed E-state index contributed by atoms with van der Waals surface area (Å²) in [5, 5.41) is 9.45. The Morgan fingerprint density at radius 1 is 1.40 bits per heavy atom. The summed E-state index contributed by atoms with van der Waals surface area (Å²) in [7, 11) is 0. The summed E-state index contributed by atoms with van der Waals surface area (Å²) in [5.74, 6) is -0.775. The molecule has 0 spiro atoms. The van der Waals surface area contributed by atoms with E-state index in [1.54, 1.807) is 17.0 Å². The molecule has 2 heterocycles. The fourth-order valence-corrected chi connectivity index (χ4v) is 3.78. The highest BCUT2D eigenvalue weighted by molar-refractivity contribution is 7.17. The summed E-state index contributed by atoms with van der Waals surface area (Å²) in [5.41, 5.74) is -0.654. The van der Waals surface area contributed by atoms with E-state index in [-0.39, 0.29) is 5.91 Å². The Morgan fingerprint density at radius 2 is 2.05 bits per heavy atom. The van der Waals surface area contributed by atoms with E-state index in [4.69, 9.17) is 11.6 Å². The Kier molecular flexibility index (Phi) is 4.70. The number of carbonyl (C=O) groups excluding carboxylic acids is 1. The van der Waals surface area contributed by atoms with Gasteiger partial charge in [-0.2, -0.15) is 0 Å². The molecule has 0 bridgehead atoms. The standard InChI is InChI=1S/C14H18ClNO3S/c1-2-5-14(13(18)19)6-8-16(9-7-14)12(17)10-3-4-11(15)20-10/h3-4H,2,5-9H2,1H3,(H,18,19). The van der Waals surface area contributed by atoms with Gasteiger partial charge in [-0.3, -0.25) is 9.59 Å². The van der Waals surface area contributed by atoms with Crippen LogP contribution in [0.4, 0.5) is 0 Å². The van der Waals surface area contributed by atoms with Crippen LogP contribution < -0.4 is 0 Å². The van der Waals surface area contributed by atoms with Crippen LogP contribution in [-0.4, -0.2) is 35.0 Å². The van der Waals surface area contributed by atoms with Gasteiger partial charge in [0, 0.05) is 13.1 Å². The van der Waals surface area contributed by atoms with Crippen LogP contribution in [0.15, 0.2) is 12.1 Å². The van der Waals surface area contributed by atoms with Crippen LogP contribution >= 0.6 is 22.9 Å². The summed E-state index contributed by atoms with van der Waals surface area (Å²) < 4.78 is 0.594. The van der Waals surface area contributed by atoms with Crippen molar-refractivity contribution in [3.63, 3.8) is 0 Å². The number of rotatable bonds is 4. The Hall–Kier alpha value is -1.07. The van der Waals surface area contributed by atoms with Crippen molar-refractivity contribution in [3.05, 3.63) is 21.3 Å². The summed E-state index contributed by atoms with van der Waals surface area (Å²) in [6, 6.07) is 3.43. The molecule has 1 N–H and O–H groups in total. The lowest BCUT2D eigenvalue weighted by Crippen LogP contribution is -2.46. The molecule has 6 heteroatoms. The lowest BCUT2D eigenvalue weighted by atomic mass is 9.75. The van der Waals surface area contributed by atoms with Crippen LogP contribution in [0.1, 0.15) is 42.3 Å². The van der Waals surface area contributed by atoms with Crippen LogP contribution in [0.2, 0.25) is 4.34 Å². The molecule has 1 amide bonds. The molecule has 0 unspecified atom stereocenters. The smallest absolute Gasteiger partial charge is 0.309 e. The molecule has 0 aliphatic carbocycles. The Balaban J connectivity index is 2.03. The first-order valence-electron chi connectivity index (χ1n) is 6.76. The number of amides is 1. The van der Waals surface area contributed by atoms with Crippen molar-refractivity contribution in [2.24, 2.45) is 5.41 Å². The number of hydrogen-bond donors (Lipinski definition) is 1. The quantitative estimate of drug-likeness (QED) is 0.925. The molecule has 20 heavy (non-hydrogen) atoms. The van der Waals surface area contributed by atoms with Crippen LogP contribution in [0.5, 0.6) is 0 Å². The fourth-order valence-electron chi connectivity index (χ4n) is 2.77. The zero-order valence-electron chi connectivity index (χ0n) is 11.4. The summed E-state index contributed by atoms with van der Waals surface area (Å²) in [6.45, 7) is 3.00. The number of carbonyl (C=O) groups is 2. The van der Waals surface area contributed by atoms with E-state index in [0.29, 0.717) is 41.6 Å². The largest absolute Gasteiger partial charge is 0.481 e. The molecular weight excluding hydrogens is 298 g/mol. The van der Waals surface area contributed by atoms with Crippen molar-refractivity contribution in [1.82, 2.24) is 4.90 Å². The topological polar surface area (TPSA) is 57.6 Å². The van der Waals surface area contributed by atoms with E-state index in [1.807, 2.05) is 6.92 Å². The molecule has 110 valence electrons. The number of piperidine rings is 1. The highest BCUT2D eigenvalue weighted by Crippen LogP contribution is 2.37. The molecule has 1 aromatic rings. The first kappa shape index (κ1) is 15.3. The minimum absolute atomic E-state index is 0.0441. The van der Waals surface area contributed by atoms with E-state index in [2.05, 4.69) is 0 Å². The van der Waals surface area contributed by atoms with Crippen LogP contribution in [-0.2, 0) is 4.79 Å². The van der Waals surface area contributed by atoms with Crippen LogP contribution in [0, 0.1) is 5.41 Å². The second-order valence-corrected chi connectivity index (χ2v) is 6.95. The maximum atomic E-state index is 12.3. The van der Waals surface area contributed by atoms with Gasteiger partial charge in [-0.05, 0) is 31.4 Å². The normalized spacial score (nSPS) is 18.0. The van der Waals surface area contributed by atoms with Crippen molar-refractivity contribution in [2.45, 2.75) is 32.6 Å². The molecule has 1 aliphatic heterocycles. The molecule has 1 fully saturated rings. The van der Waals surface area contributed by atoms with Gasteiger partial charge >= 0.3 is 5.97 Å². The Labute approximate surface area is 127 Å². The third-order valence-electron chi connectivity index (χ3n) is 3.97. The monoisotopic (exact) mass is 315 g/mol. The van der Waals surface area contributed by atoms with Gasteiger partial charge in [-0.15, -0.1) is 11.3 Å². The molecule has 2 rings (SSSR count). The predicted molar refractivity (Wildman–Crippen MR) is 79.4 cm³/mol. The fraction of sp³-hybridized carbons (Fsp3) is 0.571. The molecule has 1 saturated heterocycles. The Bertz CT molecular complexity index is 506. The van der Waals surface area contributed by atoms with E-state index in [0.717, 1.165) is 6.42 Å². The average Bonchev–Trinajstić information content (AvgIpc) is 2.85. The first-order chi connectivity index (χ1) is 9.48. The molecule has 0 atom stereocenters. The number of carboxylic acid groups (broad SMARTS) is 1. The number of nitrogens with zero attached hydrogens (tertiary/aromatic N) is 1. The second-order valence-electron chi connectivity index (χ2n) is 5.23. The average molecular weight is 316 g/mol. The van der Waals surface area contributed by atoms with Crippen molar-refractivity contribution in [1.29, 1.82) is 0 Å². The number of aliphatic carboxylic acids is 1. The van der Waals surface area contributed by atoms with Crippen molar-refractivity contribution in [3.8, 4) is 0 Å². The van der Waals surface area contributed by atoms with Gasteiger partial charge in [0.05, 0.1) is 14.6 Å². The highest BCUT2D eigenvalue weighted by atomic mass is 35.5. The number of thiophene rings is 1. The third-order valence-corrected chi connectivity index (χ3v) is 5.19. The van der Waals surface area contributed by atoms with E-state index in [1.165, 1.54) is 11.3 Å². The summed E-state index contributed by atoms with van der Waals surface area (Å²) in [6.07, 6.45) is 2.58. The number of hydrogen-bond acceptors (Lipinski definition) is 3. The van der Waals surface area contributed by atoms with Gasteiger partial charge in [0.1, 0.15) is 0 Å². The van der Waals surface area contributed by atoms with E-state index < -0.39 is 11.4 Å². The predicted octanol–water partition coefficient (Wildman–Crippen LogP) is 3.51. The van der Waals surface area contributed by atoms with Crippen molar-refractivity contribution < 1.29 is 14.7 Å². The zero-order chi connectivity index (χ0) is 14.8. The summed E-state index contributed by atoms with van der Waals surface area (Å²) in [4.78, 5) is 26.1. The third kappa shape index (κ3) is 2.99.